The molecule has 0 spiro atoms. The molecule has 1 fully saturated rings. The molecule has 0 radical (unpaired) electrons. The number of piperidine rings is 1. The van der Waals surface area contributed by atoms with Crippen LogP contribution >= 0.6 is 11.3 Å². The SMILES string of the molecule is Cc1c(C(=O)N2CCCCC2)sc2nc(Cc3ccccc3)[nH]c(=O)c12. The number of amides is 1. The third-order valence-electron chi connectivity index (χ3n) is 4.90. The van der Waals surface area contributed by atoms with E-state index >= 15 is 0 Å². The summed E-state index contributed by atoms with van der Waals surface area (Å²) >= 11 is 1.34. The highest BCUT2D eigenvalue weighted by molar-refractivity contribution is 7.20. The molecular formula is C20H21N3O2S. The second-order valence-electron chi connectivity index (χ2n) is 6.76. The lowest BCUT2D eigenvalue weighted by atomic mass is 10.1. The van der Waals surface area contributed by atoms with Gasteiger partial charge in [0.2, 0.25) is 0 Å². The Labute approximate surface area is 155 Å². The van der Waals surface area contributed by atoms with Crippen molar-refractivity contribution in [2.24, 2.45) is 0 Å². The lowest BCUT2D eigenvalue weighted by molar-refractivity contribution is 0.0728. The number of aromatic amines is 1. The largest absolute Gasteiger partial charge is 0.338 e. The maximum absolute atomic E-state index is 12.9. The van der Waals surface area contributed by atoms with Gasteiger partial charge in [0.1, 0.15) is 10.7 Å². The molecule has 4 rings (SSSR count). The predicted molar refractivity (Wildman–Crippen MR) is 104 cm³/mol. The van der Waals surface area contributed by atoms with Gasteiger partial charge in [-0.3, -0.25) is 9.59 Å². The Morgan fingerprint density at radius 2 is 1.92 bits per heavy atom. The summed E-state index contributed by atoms with van der Waals surface area (Å²) in [5.41, 5.74) is 1.68. The molecule has 134 valence electrons. The van der Waals surface area contributed by atoms with Crippen LogP contribution in [0, 0.1) is 6.92 Å². The van der Waals surface area contributed by atoms with Crippen molar-refractivity contribution in [3.8, 4) is 0 Å². The quantitative estimate of drug-likeness (QED) is 0.770. The Bertz CT molecular complexity index is 1000. The molecule has 3 aromatic rings. The van der Waals surface area contributed by atoms with Crippen molar-refractivity contribution in [1.82, 2.24) is 14.9 Å². The van der Waals surface area contributed by atoms with Crippen molar-refractivity contribution >= 4 is 27.5 Å². The number of carbonyl (C=O) groups is 1. The molecule has 0 atom stereocenters. The van der Waals surface area contributed by atoms with Crippen LogP contribution in [0.4, 0.5) is 0 Å². The van der Waals surface area contributed by atoms with Crippen LogP contribution < -0.4 is 5.56 Å². The number of carbonyl (C=O) groups excluding carboxylic acids is 1. The third kappa shape index (κ3) is 3.17. The first-order valence-corrected chi connectivity index (χ1v) is 9.80. The summed E-state index contributed by atoms with van der Waals surface area (Å²) in [5, 5.41) is 0.548. The van der Waals surface area contributed by atoms with Gasteiger partial charge in [0.25, 0.3) is 11.5 Å². The smallest absolute Gasteiger partial charge is 0.264 e. The van der Waals surface area contributed by atoms with Crippen molar-refractivity contribution < 1.29 is 4.79 Å². The first-order chi connectivity index (χ1) is 12.6. The Kier molecular flexibility index (Phi) is 4.59. The zero-order valence-electron chi connectivity index (χ0n) is 14.7. The van der Waals surface area contributed by atoms with Crippen molar-refractivity contribution in [3.63, 3.8) is 0 Å². The van der Waals surface area contributed by atoms with Crippen LogP contribution in [0.1, 0.15) is 45.9 Å². The monoisotopic (exact) mass is 367 g/mol. The van der Waals surface area contributed by atoms with Crippen LogP contribution in [-0.4, -0.2) is 33.9 Å². The average Bonchev–Trinajstić information content (AvgIpc) is 2.99. The molecule has 1 aliphatic rings. The number of hydrogen-bond donors (Lipinski definition) is 1. The van der Waals surface area contributed by atoms with Crippen LogP contribution in [0.3, 0.4) is 0 Å². The molecule has 6 heteroatoms. The number of likely N-dealkylation sites (tertiary alicyclic amines) is 1. The third-order valence-corrected chi connectivity index (χ3v) is 6.08. The molecule has 1 saturated heterocycles. The first kappa shape index (κ1) is 17.0. The molecule has 0 aliphatic carbocycles. The highest BCUT2D eigenvalue weighted by atomic mass is 32.1. The van der Waals surface area contributed by atoms with Crippen molar-refractivity contribution in [2.45, 2.75) is 32.6 Å². The number of aryl methyl sites for hydroxylation is 1. The maximum Gasteiger partial charge on any atom is 0.264 e. The normalized spacial score (nSPS) is 14.7. The number of fused-ring (bicyclic) bond motifs is 1. The van der Waals surface area contributed by atoms with Crippen molar-refractivity contribution in [1.29, 1.82) is 0 Å². The lowest BCUT2D eigenvalue weighted by Crippen LogP contribution is -2.35. The number of nitrogens with one attached hydrogen (secondary N) is 1. The molecular weight excluding hydrogens is 346 g/mol. The minimum absolute atomic E-state index is 0.0363. The summed E-state index contributed by atoms with van der Waals surface area (Å²) in [6, 6.07) is 9.92. The first-order valence-electron chi connectivity index (χ1n) is 8.99. The maximum atomic E-state index is 12.9. The molecule has 3 heterocycles. The number of hydrogen-bond acceptors (Lipinski definition) is 4. The lowest BCUT2D eigenvalue weighted by Gasteiger charge is -2.26. The number of rotatable bonds is 3. The van der Waals surface area contributed by atoms with E-state index < -0.39 is 0 Å². The van der Waals surface area contributed by atoms with E-state index in [2.05, 4.69) is 9.97 Å². The molecule has 0 bridgehead atoms. The van der Waals surface area contributed by atoms with E-state index in [1.165, 1.54) is 17.8 Å². The second-order valence-corrected chi connectivity index (χ2v) is 7.76. The minimum atomic E-state index is -0.160. The Morgan fingerprint density at radius 1 is 1.19 bits per heavy atom. The number of thiophene rings is 1. The number of nitrogens with zero attached hydrogens (tertiary/aromatic N) is 2. The molecule has 0 unspecified atom stereocenters. The molecule has 1 amide bonds. The molecule has 1 N–H and O–H groups in total. The van der Waals surface area contributed by atoms with Gasteiger partial charge < -0.3 is 9.88 Å². The Balaban J connectivity index is 1.71. The van der Waals surface area contributed by atoms with Gasteiger partial charge in [0.15, 0.2) is 0 Å². The molecule has 26 heavy (non-hydrogen) atoms. The van der Waals surface area contributed by atoms with Crippen LogP contribution in [0.2, 0.25) is 0 Å². The highest BCUT2D eigenvalue weighted by Crippen LogP contribution is 2.29. The van der Waals surface area contributed by atoms with Gasteiger partial charge in [-0.05, 0) is 37.3 Å². The van der Waals surface area contributed by atoms with Crippen LogP contribution in [0.5, 0.6) is 0 Å². The van der Waals surface area contributed by atoms with Gasteiger partial charge in [-0.1, -0.05) is 30.3 Å². The molecule has 0 saturated carbocycles. The summed E-state index contributed by atoms with van der Waals surface area (Å²) in [7, 11) is 0. The van der Waals surface area contributed by atoms with E-state index in [9.17, 15) is 9.59 Å². The minimum Gasteiger partial charge on any atom is -0.338 e. The number of benzene rings is 1. The van der Waals surface area contributed by atoms with E-state index in [1.807, 2.05) is 42.2 Å². The van der Waals surface area contributed by atoms with Crippen LogP contribution in [-0.2, 0) is 6.42 Å². The fourth-order valence-corrected chi connectivity index (χ4v) is 4.67. The van der Waals surface area contributed by atoms with E-state index in [-0.39, 0.29) is 11.5 Å². The van der Waals surface area contributed by atoms with E-state index in [4.69, 9.17) is 0 Å². The topological polar surface area (TPSA) is 66.1 Å². The van der Waals surface area contributed by atoms with Crippen molar-refractivity contribution in [2.75, 3.05) is 13.1 Å². The standard InChI is InChI=1S/C20H21N3O2S/c1-13-16-18(24)21-15(12-14-8-4-2-5-9-14)22-19(16)26-17(13)20(25)23-10-6-3-7-11-23/h2,4-5,8-9H,3,6-7,10-12H2,1H3,(H,21,22,24). The van der Waals surface area contributed by atoms with Gasteiger partial charge in [-0.15, -0.1) is 11.3 Å². The van der Waals surface area contributed by atoms with Gasteiger partial charge in [0, 0.05) is 19.5 Å². The summed E-state index contributed by atoms with van der Waals surface area (Å²) in [6.07, 6.45) is 3.85. The Morgan fingerprint density at radius 3 is 2.65 bits per heavy atom. The fraction of sp³-hybridized carbons (Fsp3) is 0.350. The number of aromatic nitrogens is 2. The van der Waals surface area contributed by atoms with Crippen molar-refractivity contribution in [3.05, 3.63) is 62.5 Å². The van der Waals surface area contributed by atoms with Gasteiger partial charge in [-0.25, -0.2) is 4.98 Å². The molecule has 5 nitrogen and oxygen atoms in total. The summed E-state index contributed by atoms with van der Waals surface area (Å²) < 4.78 is 0. The Hall–Kier alpha value is -2.47. The van der Waals surface area contributed by atoms with Crippen LogP contribution in [0.15, 0.2) is 35.1 Å². The van der Waals surface area contributed by atoms with Gasteiger partial charge in [-0.2, -0.15) is 0 Å². The van der Waals surface area contributed by atoms with E-state index in [1.54, 1.807) is 0 Å². The van der Waals surface area contributed by atoms with E-state index in [0.29, 0.717) is 27.3 Å². The average molecular weight is 367 g/mol. The summed E-state index contributed by atoms with van der Waals surface area (Å²) in [6.45, 7) is 3.45. The predicted octanol–water partition coefficient (Wildman–Crippen LogP) is 3.51. The number of H-pyrrole nitrogens is 1. The molecule has 1 aromatic carbocycles. The van der Waals surface area contributed by atoms with Gasteiger partial charge >= 0.3 is 0 Å². The van der Waals surface area contributed by atoms with Gasteiger partial charge in [0.05, 0.1) is 10.3 Å². The zero-order chi connectivity index (χ0) is 18.1. The molecule has 1 aliphatic heterocycles. The van der Waals surface area contributed by atoms with Crippen LogP contribution in [0.25, 0.3) is 10.2 Å². The summed E-state index contributed by atoms with van der Waals surface area (Å²) in [5.74, 6) is 0.668. The fourth-order valence-electron chi connectivity index (χ4n) is 3.51. The zero-order valence-corrected chi connectivity index (χ0v) is 15.6. The second kappa shape index (κ2) is 7.03. The summed E-state index contributed by atoms with van der Waals surface area (Å²) in [4.78, 5) is 36.2. The molecule has 2 aromatic heterocycles. The van der Waals surface area contributed by atoms with E-state index in [0.717, 1.165) is 37.1 Å². The highest BCUT2D eigenvalue weighted by Gasteiger charge is 2.24.